The summed E-state index contributed by atoms with van der Waals surface area (Å²) in [5.41, 5.74) is 1.35. The lowest BCUT2D eigenvalue weighted by atomic mass is 10.2. The molecule has 0 radical (unpaired) electrons. The summed E-state index contributed by atoms with van der Waals surface area (Å²) in [5.74, 6) is 5.97. The predicted molar refractivity (Wildman–Crippen MR) is 80.9 cm³/mol. The summed E-state index contributed by atoms with van der Waals surface area (Å²) in [7, 11) is 0. The Morgan fingerprint density at radius 2 is 1.77 bits per heavy atom. The quantitative estimate of drug-likeness (QED) is 0.523. The summed E-state index contributed by atoms with van der Waals surface area (Å²) in [4.78, 5) is 11.5. The second kappa shape index (κ2) is 7.42. The Hall–Kier alpha value is -2.60. The Labute approximate surface area is 128 Å². The van der Waals surface area contributed by atoms with Crippen LogP contribution in [0.15, 0.2) is 48.5 Å². The van der Waals surface area contributed by atoms with Crippen molar-refractivity contribution in [1.29, 1.82) is 0 Å². The minimum absolute atomic E-state index is 0.255. The highest BCUT2D eigenvalue weighted by Crippen LogP contribution is 2.19. The van der Waals surface area contributed by atoms with Crippen molar-refractivity contribution in [2.75, 3.05) is 11.6 Å². The summed E-state index contributed by atoms with van der Waals surface area (Å²) in [6.45, 7) is 2.29. The van der Waals surface area contributed by atoms with Gasteiger partial charge in [-0.1, -0.05) is 12.1 Å². The molecule has 0 heterocycles. The van der Waals surface area contributed by atoms with Crippen LogP contribution in [0.25, 0.3) is 0 Å². The summed E-state index contributed by atoms with van der Waals surface area (Å²) in [6.07, 6.45) is -0.623. The Balaban J connectivity index is 1.94. The molecule has 0 aliphatic carbocycles. The number of hydrazine groups is 1. The largest absolute Gasteiger partial charge is 0.489 e. The van der Waals surface area contributed by atoms with Gasteiger partial charge in [-0.3, -0.25) is 0 Å². The molecule has 22 heavy (non-hydrogen) atoms. The molecule has 2 N–H and O–H groups in total. The topological polar surface area (TPSA) is 64.8 Å². The number of halogens is 1. The second-order valence-electron chi connectivity index (χ2n) is 4.48. The molecule has 5 nitrogen and oxygen atoms in total. The van der Waals surface area contributed by atoms with E-state index >= 15 is 0 Å². The second-order valence-corrected chi connectivity index (χ2v) is 4.48. The van der Waals surface area contributed by atoms with Gasteiger partial charge >= 0.3 is 6.09 Å². The van der Waals surface area contributed by atoms with E-state index < -0.39 is 6.09 Å². The first-order chi connectivity index (χ1) is 10.6. The van der Waals surface area contributed by atoms with Crippen LogP contribution in [0, 0.1) is 5.82 Å². The van der Waals surface area contributed by atoms with Crippen molar-refractivity contribution in [2.24, 2.45) is 5.84 Å². The van der Waals surface area contributed by atoms with Gasteiger partial charge in [-0.25, -0.2) is 20.0 Å². The number of hydrogen-bond acceptors (Lipinski definition) is 4. The van der Waals surface area contributed by atoms with Gasteiger partial charge in [-0.2, -0.15) is 0 Å². The maximum atomic E-state index is 12.8. The Morgan fingerprint density at radius 1 is 1.14 bits per heavy atom. The number of anilines is 1. The number of amides is 1. The Bertz CT molecular complexity index is 614. The van der Waals surface area contributed by atoms with Crippen LogP contribution in [0.5, 0.6) is 5.75 Å². The molecule has 0 aliphatic rings. The summed E-state index contributed by atoms with van der Waals surface area (Å²) < 4.78 is 23.2. The van der Waals surface area contributed by atoms with Crippen molar-refractivity contribution in [1.82, 2.24) is 0 Å². The molecule has 0 saturated carbocycles. The molecule has 1 amide bonds. The molecule has 0 unspecified atom stereocenters. The van der Waals surface area contributed by atoms with E-state index in [9.17, 15) is 9.18 Å². The molecule has 2 aromatic rings. The van der Waals surface area contributed by atoms with Gasteiger partial charge in [0.2, 0.25) is 0 Å². The average Bonchev–Trinajstić information content (AvgIpc) is 2.54. The Morgan fingerprint density at radius 3 is 2.36 bits per heavy atom. The highest BCUT2D eigenvalue weighted by atomic mass is 19.1. The molecule has 0 aromatic heterocycles. The van der Waals surface area contributed by atoms with Crippen molar-refractivity contribution in [3.05, 3.63) is 59.9 Å². The summed E-state index contributed by atoms with van der Waals surface area (Å²) >= 11 is 0. The molecular formula is C16H17FN2O3. The van der Waals surface area contributed by atoms with Crippen LogP contribution in [-0.4, -0.2) is 12.7 Å². The van der Waals surface area contributed by atoms with Crippen LogP contribution in [0.1, 0.15) is 12.5 Å². The number of benzene rings is 2. The number of nitrogens with zero attached hydrogens (tertiary/aromatic N) is 1. The van der Waals surface area contributed by atoms with E-state index in [0.717, 1.165) is 10.6 Å². The number of carbonyl (C=O) groups is 1. The number of ether oxygens (including phenoxy) is 2. The van der Waals surface area contributed by atoms with Gasteiger partial charge in [0.05, 0.1) is 12.3 Å². The normalized spacial score (nSPS) is 10.1. The fourth-order valence-corrected chi connectivity index (χ4v) is 1.75. The van der Waals surface area contributed by atoms with Crippen LogP contribution in [0.3, 0.4) is 0 Å². The zero-order chi connectivity index (χ0) is 15.9. The van der Waals surface area contributed by atoms with E-state index in [0.29, 0.717) is 18.0 Å². The van der Waals surface area contributed by atoms with Gasteiger partial charge in [0.1, 0.15) is 18.2 Å². The zero-order valence-corrected chi connectivity index (χ0v) is 12.2. The first-order valence-electron chi connectivity index (χ1n) is 6.79. The number of rotatable bonds is 5. The van der Waals surface area contributed by atoms with E-state index in [4.69, 9.17) is 15.3 Å². The van der Waals surface area contributed by atoms with E-state index in [-0.39, 0.29) is 12.4 Å². The number of nitrogens with two attached hydrogens (primary N) is 1. The monoisotopic (exact) mass is 304 g/mol. The fraction of sp³-hybridized carbons (Fsp3) is 0.188. The molecule has 116 valence electrons. The lowest BCUT2D eigenvalue weighted by molar-refractivity contribution is 0.160. The minimum Gasteiger partial charge on any atom is -0.489 e. The van der Waals surface area contributed by atoms with E-state index in [1.807, 2.05) is 0 Å². The van der Waals surface area contributed by atoms with Crippen LogP contribution in [0.2, 0.25) is 0 Å². The molecular weight excluding hydrogens is 287 g/mol. The van der Waals surface area contributed by atoms with Crippen LogP contribution in [0.4, 0.5) is 14.9 Å². The molecule has 2 rings (SSSR count). The molecule has 0 fully saturated rings. The van der Waals surface area contributed by atoms with Crippen molar-refractivity contribution >= 4 is 11.8 Å². The lowest BCUT2D eigenvalue weighted by Crippen LogP contribution is -2.37. The minimum atomic E-state index is -0.623. The van der Waals surface area contributed by atoms with Gasteiger partial charge in [0.15, 0.2) is 0 Å². The predicted octanol–water partition coefficient (Wildman–Crippen LogP) is 3.24. The third-order valence-electron chi connectivity index (χ3n) is 2.90. The van der Waals surface area contributed by atoms with Gasteiger partial charge in [-0.15, -0.1) is 0 Å². The van der Waals surface area contributed by atoms with Crippen molar-refractivity contribution in [3.63, 3.8) is 0 Å². The fourth-order valence-electron chi connectivity index (χ4n) is 1.75. The lowest BCUT2D eigenvalue weighted by Gasteiger charge is -2.16. The van der Waals surface area contributed by atoms with Crippen LogP contribution < -0.4 is 15.6 Å². The van der Waals surface area contributed by atoms with E-state index in [1.165, 1.54) is 12.1 Å². The number of hydrogen-bond donors (Lipinski definition) is 1. The van der Waals surface area contributed by atoms with E-state index in [2.05, 4.69) is 0 Å². The third kappa shape index (κ3) is 4.20. The first-order valence-corrected chi connectivity index (χ1v) is 6.79. The SMILES string of the molecule is CCOC(=O)N(N)c1ccc(OCc2ccc(F)cc2)cc1. The summed E-state index contributed by atoms with van der Waals surface area (Å²) in [5, 5.41) is 0.924. The van der Waals surface area contributed by atoms with Crippen molar-refractivity contribution < 1.29 is 18.7 Å². The smallest absolute Gasteiger partial charge is 0.428 e. The summed E-state index contributed by atoms with van der Waals surface area (Å²) in [6, 6.07) is 12.8. The molecule has 0 atom stereocenters. The molecule has 0 bridgehead atoms. The molecule has 0 saturated heterocycles. The first kappa shape index (κ1) is 15.8. The highest BCUT2D eigenvalue weighted by Gasteiger charge is 2.12. The Kier molecular flexibility index (Phi) is 5.32. The zero-order valence-electron chi connectivity index (χ0n) is 12.2. The van der Waals surface area contributed by atoms with Gasteiger partial charge in [0, 0.05) is 0 Å². The van der Waals surface area contributed by atoms with Gasteiger partial charge < -0.3 is 9.47 Å². The molecule has 0 spiro atoms. The van der Waals surface area contributed by atoms with Crippen molar-refractivity contribution in [3.8, 4) is 5.75 Å². The number of carbonyl (C=O) groups excluding carboxylic acids is 1. The standard InChI is InChI=1S/C16H17FN2O3/c1-2-21-16(20)19(18)14-7-9-15(10-8-14)22-11-12-3-5-13(17)6-4-12/h3-10H,2,11,18H2,1H3. The highest BCUT2D eigenvalue weighted by molar-refractivity contribution is 5.86. The molecule has 0 aliphatic heterocycles. The molecule has 2 aromatic carbocycles. The van der Waals surface area contributed by atoms with Crippen molar-refractivity contribution in [2.45, 2.75) is 13.5 Å². The third-order valence-corrected chi connectivity index (χ3v) is 2.90. The van der Waals surface area contributed by atoms with Gasteiger partial charge in [-0.05, 0) is 48.9 Å². The molecule has 6 heteroatoms. The van der Waals surface area contributed by atoms with Gasteiger partial charge in [0.25, 0.3) is 0 Å². The maximum Gasteiger partial charge on any atom is 0.428 e. The average molecular weight is 304 g/mol. The van der Waals surface area contributed by atoms with E-state index in [1.54, 1.807) is 43.3 Å². The van der Waals surface area contributed by atoms with Crippen LogP contribution >= 0.6 is 0 Å². The maximum absolute atomic E-state index is 12.8. The van der Waals surface area contributed by atoms with Crippen LogP contribution in [-0.2, 0) is 11.3 Å².